The number of hydrogen-bond acceptors (Lipinski definition) is 3. The van der Waals surface area contributed by atoms with Crippen LogP contribution in [0.15, 0.2) is 0 Å². The third kappa shape index (κ3) is 2.96. The summed E-state index contributed by atoms with van der Waals surface area (Å²) in [4.78, 5) is 16.0. The van der Waals surface area contributed by atoms with E-state index in [9.17, 15) is 4.79 Å². The van der Waals surface area contributed by atoms with Crippen LogP contribution < -0.4 is 5.73 Å². The van der Waals surface area contributed by atoms with Gasteiger partial charge in [-0.3, -0.25) is 4.79 Å². The van der Waals surface area contributed by atoms with Gasteiger partial charge in [0.05, 0.1) is 5.54 Å². The van der Waals surface area contributed by atoms with Crippen molar-refractivity contribution in [3.63, 3.8) is 0 Å². The molecular weight excluding hydrogens is 178 g/mol. The van der Waals surface area contributed by atoms with Gasteiger partial charge in [-0.15, -0.1) is 0 Å². The van der Waals surface area contributed by atoms with Crippen molar-refractivity contribution in [1.29, 1.82) is 0 Å². The Bertz CT molecular complexity index is 210. The van der Waals surface area contributed by atoms with Gasteiger partial charge in [0.2, 0.25) is 5.91 Å². The van der Waals surface area contributed by atoms with E-state index in [0.29, 0.717) is 0 Å². The van der Waals surface area contributed by atoms with Crippen molar-refractivity contribution in [2.45, 2.75) is 25.8 Å². The number of hydrogen-bond donors (Lipinski definition) is 1. The first-order chi connectivity index (χ1) is 6.41. The molecule has 0 bridgehead atoms. The third-order valence-electron chi connectivity index (χ3n) is 2.56. The highest BCUT2D eigenvalue weighted by Gasteiger charge is 2.28. The molecule has 0 radical (unpaired) electrons. The van der Waals surface area contributed by atoms with Gasteiger partial charge in [-0.1, -0.05) is 0 Å². The van der Waals surface area contributed by atoms with Crippen LogP contribution >= 0.6 is 0 Å². The molecule has 82 valence electrons. The first-order valence-corrected chi connectivity index (χ1v) is 5.18. The maximum atomic E-state index is 11.9. The molecule has 0 unspecified atom stereocenters. The number of rotatable bonds is 1. The Kier molecular flexibility index (Phi) is 3.50. The molecule has 1 heterocycles. The number of nitrogens with zero attached hydrogens (tertiary/aromatic N) is 2. The van der Waals surface area contributed by atoms with E-state index in [2.05, 4.69) is 11.9 Å². The van der Waals surface area contributed by atoms with Crippen molar-refractivity contribution in [1.82, 2.24) is 9.80 Å². The molecule has 1 rings (SSSR count). The molecule has 0 spiro atoms. The van der Waals surface area contributed by atoms with Gasteiger partial charge in [-0.05, 0) is 33.9 Å². The third-order valence-corrected chi connectivity index (χ3v) is 2.56. The standard InChI is InChI=1S/C10H21N3O/c1-10(2,11)9(14)13-6-4-5-12(3)7-8-13/h4-8,11H2,1-3H3. The summed E-state index contributed by atoms with van der Waals surface area (Å²) in [5, 5.41) is 0. The van der Waals surface area contributed by atoms with Crippen LogP contribution in [0.4, 0.5) is 0 Å². The van der Waals surface area contributed by atoms with Gasteiger partial charge in [0.15, 0.2) is 0 Å². The molecule has 14 heavy (non-hydrogen) atoms. The Balaban J connectivity index is 2.56. The summed E-state index contributed by atoms with van der Waals surface area (Å²) in [5.74, 6) is 0.0628. The SMILES string of the molecule is CN1CCCN(C(=O)C(C)(C)N)CC1. The predicted octanol–water partition coefficient (Wildman–Crippen LogP) is -0.112. The van der Waals surface area contributed by atoms with E-state index in [1.54, 1.807) is 13.8 Å². The minimum atomic E-state index is -0.733. The van der Waals surface area contributed by atoms with Crippen molar-refractivity contribution in [3.05, 3.63) is 0 Å². The fourth-order valence-corrected chi connectivity index (χ4v) is 1.66. The lowest BCUT2D eigenvalue weighted by atomic mass is 10.1. The lowest BCUT2D eigenvalue weighted by Crippen LogP contribution is -2.51. The quantitative estimate of drug-likeness (QED) is 0.641. The monoisotopic (exact) mass is 199 g/mol. The van der Waals surface area contributed by atoms with Gasteiger partial charge in [-0.2, -0.15) is 0 Å². The van der Waals surface area contributed by atoms with Gasteiger partial charge in [0.25, 0.3) is 0 Å². The maximum Gasteiger partial charge on any atom is 0.242 e. The molecule has 1 fully saturated rings. The lowest BCUT2D eigenvalue weighted by Gasteiger charge is -2.28. The zero-order valence-corrected chi connectivity index (χ0v) is 9.42. The number of carbonyl (C=O) groups excluding carboxylic acids is 1. The summed E-state index contributed by atoms with van der Waals surface area (Å²) in [6, 6.07) is 0. The van der Waals surface area contributed by atoms with Crippen LogP contribution in [0.25, 0.3) is 0 Å². The average molecular weight is 199 g/mol. The summed E-state index contributed by atoms with van der Waals surface area (Å²) in [7, 11) is 2.08. The van der Waals surface area contributed by atoms with Crippen LogP contribution in [-0.4, -0.2) is 54.5 Å². The molecule has 0 atom stereocenters. The summed E-state index contributed by atoms with van der Waals surface area (Å²) < 4.78 is 0. The molecule has 0 aromatic rings. The molecule has 4 heteroatoms. The molecule has 0 aromatic heterocycles. The summed E-state index contributed by atoms with van der Waals surface area (Å²) in [6.07, 6.45) is 1.04. The fraction of sp³-hybridized carbons (Fsp3) is 0.900. The van der Waals surface area contributed by atoms with E-state index in [4.69, 9.17) is 5.73 Å². The summed E-state index contributed by atoms with van der Waals surface area (Å²) in [5.41, 5.74) is 5.06. The zero-order valence-electron chi connectivity index (χ0n) is 9.42. The normalized spacial score (nSPS) is 20.7. The van der Waals surface area contributed by atoms with Crippen molar-refractivity contribution < 1.29 is 4.79 Å². The summed E-state index contributed by atoms with van der Waals surface area (Å²) in [6.45, 7) is 7.18. The average Bonchev–Trinajstić information content (AvgIpc) is 2.27. The molecule has 0 aliphatic carbocycles. The van der Waals surface area contributed by atoms with Gasteiger partial charge in [0, 0.05) is 19.6 Å². The lowest BCUT2D eigenvalue weighted by molar-refractivity contribution is -0.135. The van der Waals surface area contributed by atoms with Crippen molar-refractivity contribution >= 4 is 5.91 Å². The van der Waals surface area contributed by atoms with E-state index < -0.39 is 5.54 Å². The van der Waals surface area contributed by atoms with Gasteiger partial charge in [-0.25, -0.2) is 0 Å². The van der Waals surface area contributed by atoms with E-state index in [1.807, 2.05) is 4.90 Å². The molecule has 1 amide bonds. The number of likely N-dealkylation sites (N-methyl/N-ethyl adjacent to an activating group) is 1. The molecule has 0 aromatic carbocycles. The zero-order chi connectivity index (χ0) is 10.8. The second kappa shape index (κ2) is 4.28. The Morgan fingerprint density at radius 3 is 2.43 bits per heavy atom. The maximum absolute atomic E-state index is 11.9. The van der Waals surface area contributed by atoms with Gasteiger partial charge < -0.3 is 15.5 Å². The first kappa shape index (κ1) is 11.5. The largest absolute Gasteiger partial charge is 0.340 e. The highest BCUT2D eigenvalue weighted by atomic mass is 16.2. The Morgan fingerprint density at radius 1 is 1.21 bits per heavy atom. The van der Waals surface area contributed by atoms with E-state index in [1.165, 1.54) is 0 Å². The minimum absolute atomic E-state index is 0.0628. The number of amides is 1. The van der Waals surface area contributed by atoms with Crippen LogP contribution in [0, 0.1) is 0 Å². The molecule has 0 saturated carbocycles. The molecule has 4 nitrogen and oxygen atoms in total. The fourth-order valence-electron chi connectivity index (χ4n) is 1.66. The first-order valence-electron chi connectivity index (χ1n) is 5.18. The van der Waals surface area contributed by atoms with Gasteiger partial charge in [0.1, 0.15) is 0 Å². The molecule has 1 aliphatic heterocycles. The smallest absolute Gasteiger partial charge is 0.242 e. The minimum Gasteiger partial charge on any atom is -0.340 e. The second-order valence-electron chi connectivity index (χ2n) is 4.67. The Labute approximate surface area is 86.0 Å². The molecular formula is C10H21N3O. The highest BCUT2D eigenvalue weighted by molar-refractivity contribution is 5.85. The Morgan fingerprint density at radius 2 is 1.86 bits per heavy atom. The van der Waals surface area contributed by atoms with E-state index >= 15 is 0 Å². The highest BCUT2D eigenvalue weighted by Crippen LogP contribution is 2.08. The predicted molar refractivity (Wildman–Crippen MR) is 57.0 cm³/mol. The van der Waals surface area contributed by atoms with Crippen LogP contribution in [-0.2, 0) is 4.79 Å². The van der Waals surface area contributed by atoms with E-state index in [-0.39, 0.29) is 5.91 Å². The van der Waals surface area contributed by atoms with E-state index in [0.717, 1.165) is 32.6 Å². The molecule has 1 aliphatic rings. The topological polar surface area (TPSA) is 49.6 Å². The molecule has 1 saturated heterocycles. The Hall–Kier alpha value is -0.610. The second-order valence-corrected chi connectivity index (χ2v) is 4.67. The van der Waals surface area contributed by atoms with Gasteiger partial charge >= 0.3 is 0 Å². The van der Waals surface area contributed by atoms with Crippen LogP contribution in [0.5, 0.6) is 0 Å². The van der Waals surface area contributed by atoms with Crippen molar-refractivity contribution in [2.24, 2.45) is 5.73 Å². The van der Waals surface area contributed by atoms with Crippen LogP contribution in [0.2, 0.25) is 0 Å². The number of carbonyl (C=O) groups is 1. The summed E-state index contributed by atoms with van der Waals surface area (Å²) >= 11 is 0. The van der Waals surface area contributed by atoms with Crippen LogP contribution in [0.3, 0.4) is 0 Å². The van der Waals surface area contributed by atoms with Crippen molar-refractivity contribution in [2.75, 3.05) is 33.2 Å². The van der Waals surface area contributed by atoms with Crippen molar-refractivity contribution in [3.8, 4) is 0 Å². The van der Waals surface area contributed by atoms with Crippen LogP contribution in [0.1, 0.15) is 20.3 Å². The molecule has 2 N–H and O–H groups in total. The number of nitrogens with two attached hydrogens (primary N) is 1.